The lowest BCUT2D eigenvalue weighted by Crippen LogP contribution is -2.23. The molecule has 1 saturated carbocycles. The molecule has 3 heterocycles. The fraction of sp³-hybridized carbons (Fsp3) is 0.440. The number of hydrogen-bond acceptors (Lipinski definition) is 6. The number of benzene rings is 1. The lowest BCUT2D eigenvalue weighted by molar-refractivity contribution is -0.137. The first kappa shape index (κ1) is 25.7. The Morgan fingerprint density at radius 2 is 2.05 bits per heavy atom. The van der Waals surface area contributed by atoms with Crippen molar-refractivity contribution < 1.29 is 22.4 Å². The molecule has 1 spiro atoms. The predicted octanol–water partition coefficient (Wildman–Crippen LogP) is 4.50. The van der Waals surface area contributed by atoms with Crippen LogP contribution in [-0.4, -0.2) is 55.9 Å². The van der Waals surface area contributed by atoms with Crippen molar-refractivity contribution in [2.75, 3.05) is 25.4 Å². The molecule has 37 heavy (non-hydrogen) atoms. The lowest BCUT2D eigenvalue weighted by atomic mass is 9.97. The SMILES string of the molecule is Cn1c(SCCCN2CC[C@]3(C[C@@H]3c3ccc(C(F)(F)F)cc3F)C2)nnc1-c1ccc(C(N)=O)nc1. The van der Waals surface area contributed by atoms with E-state index in [2.05, 4.69) is 20.1 Å². The zero-order valence-corrected chi connectivity index (χ0v) is 20.9. The van der Waals surface area contributed by atoms with Crippen LogP contribution >= 0.6 is 11.8 Å². The number of alkyl halides is 3. The number of likely N-dealkylation sites (tertiary alicyclic amines) is 1. The van der Waals surface area contributed by atoms with E-state index in [1.807, 2.05) is 11.6 Å². The fourth-order valence-corrected chi connectivity index (χ4v) is 6.05. The number of rotatable bonds is 8. The van der Waals surface area contributed by atoms with Crippen molar-refractivity contribution in [2.45, 2.75) is 36.5 Å². The Hall–Kier alpha value is -2.99. The van der Waals surface area contributed by atoms with Crippen LogP contribution in [0.15, 0.2) is 41.7 Å². The zero-order chi connectivity index (χ0) is 26.4. The number of hydrogen-bond donors (Lipinski definition) is 1. The molecule has 12 heteroatoms. The number of carbonyl (C=O) groups is 1. The van der Waals surface area contributed by atoms with Crippen LogP contribution in [0.4, 0.5) is 17.6 Å². The number of aromatic nitrogens is 4. The number of thioether (sulfide) groups is 1. The van der Waals surface area contributed by atoms with Gasteiger partial charge in [-0.1, -0.05) is 17.8 Å². The molecule has 0 unspecified atom stereocenters. The number of primary amides is 1. The molecule has 1 aliphatic carbocycles. The highest BCUT2D eigenvalue weighted by molar-refractivity contribution is 7.99. The Kier molecular flexibility index (Phi) is 6.73. The molecule has 2 atom stereocenters. The van der Waals surface area contributed by atoms with Gasteiger partial charge in [0, 0.05) is 31.1 Å². The van der Waals surface area contributed by atoms with Gasteiger partial charge in [0.2, 0.25) is 0 Å². The highest BCUT2D eigenvalue weighted by atomic mass is 32.2. The molecule has 5 rings (SSSR count). The summed E-state index contributed by atoms with van der Waals surface area (Å²) in [5.41, 5.74) is 5.59. The molecular formula is C25H26F4N6OS. The minimum absolute atomic E-state index is 0.0160. The normalized spacial score (nSPS) is 21.6. The predicted molar refractivity (Wildman–Crippen MR) is 130 cm³/mol. The third-order valence-electron chi connectivity index (χ3n) is 7.32. The average Bonchev–Trinajstić information content (AvgIpc) is 3.18. The van der Waals surface area contributed by atoms with Gasteiger partial charge < -0.3 is 15.2 Å². The third kappa shape index (κ3) is 5.22. The number of halogens is 4. The van der Waals surface area contributed by atoms with E-state index in [9.17, 15) is 22.4 Å². The first-order valence-corrected chi connectivity index (χ1v) is 12.9. The molecular weight excluding hydrogens is 508 g/mol. The molecule has 3 aromatic rings. The van der Waals surface area contributed by atoms with Crippen molar-refractivity contribution in [1.82, 2.24) is 24.6 Å². The van der Waals surface area contributed by atoms with E-state index in [0.29, 0.717) is 17.5 Å². The second-order valence-electron chi connectivity index (χ2n) is 9.74. The summed E-state index contributed by atoms with van der Waals surface area (Å²) in [6.45, 7) is 2.64. The van der Waals surface area contributed by atoms with Crippen molar-refractivity contribution in [3.05, 3.63) is 59.2 Å². The summed E-state index contributed by atoms with van der Waals surface area (Å²) in [6, 6.07) is 6.21. The van der Waals surface area contributed by atoms with Crippen LogP contribution in [0.2, 0.25) is 0 Å². The average molecular weight is 535 g/mol. The van der Waals surface area contributed by atoms with E-state index >= 15 is 0 Å². The molecule has 1 aromatic carbocycles. The first-order valence-electron chi connectivity index (χ1n) is 11.9. The second-order valence-corrected chi connectivity index (χ2v) is 10.8. The summed E-state index contributed by atoms with van der Waals surface area (Å²) in [5, 5.41) is 9.27. The van der Waals surface area contributed by atoms with E-state index in [1.54, 1.807) is 30.1 Å². The Balaban J connectivity index is 1.10. The van der Waals surface area contributed by atoms with Crippen LogP contribution in [0.5, 0.6) is 0 Å². The smallest absolute Gasteiger partial charge is 0.364 e. The molecule has 2 aromatic heterocycles. The number of amides is 1. The number of nitrogens with two attached hydrogens (primary N) is 1. The topological polar surface area (TPSA) is 89.9 Å². The van der Waals surface area contributed by atoms with Crippen molar-refractivity contribution in [1.29, 1.82) is 0 Å². The first-order chi connectivity index (χ1) is 17.6. The number of carbonyl (C=O) groups excluding carboxylic acids is 1. The standard InChI is InChI=1S/C25H26F4N6OS/c1-34-22(15-3-6-20(21(30)36)31-13-15)32-33-23(34)37-10-2-8-35-9-7-24(14-35)12-18(24)17-5-4-16(11-19(17)26)25(27,28)29/h3-6,11,13,18H,2,7-10,12,14H2,1H3,(H2,30,36)/t18-,24+/m1/s1. The van der Waals surface area contributed by atoms with Crippen molar-refractivity contribution in [3.63, 3.8) is 0 Å². The van der Waals surface area contributed by atoms with Crippen molar-refractivity contribution in [3.8, 4) is 11.4 Å². The van der Waals surface area contributed by atoms with E-state index in [1.165, 1.54) is 6.07 Å². The zero-order valence-electron chi connectivity index (χ0n) is 20.1. The second kappa shape index (κ2) is 9.71. The molecule has 0 radical (unpaired) electrons. The summed E-state index contributed by atoms with van der Waals surface area (Å²) in [7, 11) is 1.87. The minimum Gasteiger partial charge on any atom is -0.364 e. The van der Waals surface area contributed by atoms with Crippen LogP contribution in [0.3, 0.4) is 0 Å². The van der Waals surface area contributed by atoms with E-state index < -0.39 is 23.5 Å². The summed E-state index contributed by atoms with van der Waals surface area (Å²) in [6.07, 6.45) is -0.317. The van der Waals surface area contributed by atoms with Crippen LogP contribution in [-0.2, 0) is 13.2 Å². The molecule has 0 bridgehead atoms. The van der Waals surface area contributed by atoms with Crippen LogP contribution in [0.25, 0.3) is 11.4 Å². The maximum Gasteiger partial charge on any atom is 0.416 e. The fourth-order valence-electron chi connectivity index (χ4n) is 5.22. The third-order valence-corrected chi connectivity index (χ3v) is 8.42. The quantitative estimate of drug-likeness (QED) is 0.260. The van der Waals surface area contributed by atoms with Gasteiger partial charge in [-0.05, 0) is 73.5 Å². The summed E-state index contributed by atoms with van der Waals surface area (Å²) in [4.78, 5) is 17.6. The molecule has 2 aliphatic rings. The maximum atomic E-state index is 14.5. The van der Waals surface area contributed by atoms with Gasteiger partial charge in [-0.25, -0.2) is 4.39 Å². The van der Waals surface area contributed by atoms with Gasteiger partial charge in [0.15, 0.2) is 11.0 Å². The molecule has 196 valence electrons. The maximum absolute atomic E-state index is 14.5. The van der Waals surface area contributed by atoms with Gasteiger partial charge in [-0.2, -0.15) is 13.2 Å². The van der Waals surface area contributed by atoms with Crippen molar-refractivity contribution >= 4 is 17.7 Å². The molecule has 1 aliphatic heterocycles. The van der Waals surface area contributed by atoms with E-state index in [4.69, 9.17) is 5.73 Å². The summed E-state index contributed by atoms with van der Waals surface area (Å²) < 4.78 is 54.9. The van der Waals surface area contributed by atoms with Gasteiger partial charge in [-0.15, -0.1) is 10.2 Å². The van der Waals surface area contributed by atoms with E-state index in [0.717, 1.165) is 61.4 Å². The monoisotopic (exact) mass is 534 g/mol. The van der Waals surface area contributed by atoms with Gasteiger partial charge in [0.25, 0.3) is 5.91 Å². The lowest BCUT2D eigenvalue weighted by Gasteiger charge is -2.16. The number of pyridine rings is 1. The summed E-state index contributed by atoms with van der Waals surface area (Å²) in [5.74, 6) is 0.119. The van der Waals surface area contributed by atoms with Crippen LogP contribution in [0, 0.1) is 11.2 Å². The number of nitrogens with zero attached hydrogens (tertiary/aromatic N) is 5. The summed E-state index contributed by atoms with van der Waals surface area (Å²) >= 11 is 1.60. The Morgan fingerprint density at radius 3 is 2.73 bits per heavy atom. The Bertz CT molecular complexity index is 1310. The molecule has 1 saturated heterocycles. The molecule has 2 N–H and O–H groups in total. The van der Waals surface area contributed by atoms with Crippen LogP contribution in [0.1, 0.15) is 46.8 Å². The highest BCUT2D eigenvalue weighted by Crippen LogP contribution is 2.64. The largest absolute Gasteiger partial charge is 0.416 e. The van der Waals surface area contributed by atoms with E-state index in [-0.39, 0.29) is 17.0 Å². The van der Waals surface area contributed by atoms with Crippen LogP contribution < -0.4 is 5.73 Å². The van der Waals surface area contributed by atoms with Gasteiger partial charge in [-0.3, -0.25) is 9.78 Å². The molecule has 1 amide bonds. The molecule has 7 nitrogen and oxygen atoms in total. The van der Waals surface area contributed by atoms with Crippen molar-refractivity contribution in [2.24, 2.45) is 18.2 Å². The molecule has 2 fully saturated rings. The van der Waals surface area contributed by atoms with Gasteiger partial charge in [0.1, 0.15) is 11.5 Å². The van der Waals surface area contributed by atoms with Gasteiger partial charge in [0.05, 0.1) is 5.56 Å². The Labute approximate surface area is 215 Å². The highest BCUT2D eigenvalue weighted by Gasteiger charge is 2.58. The van der Waals surface area contributed by atoms with Gasteiger partial charge >= 0.3 is 6.18 Å². The minimum atomic E-state index is -4.54. The Morgan fingerprint density at radius 1 is 1.24 bits per heavy atom.